The fourth-order valence-corrected chi connectivity index (χ4v) is 3.53. The molecule has 0 radical (unpaired) electrons. The second-order valence-corrected chi connectivity index (χ2v) is 7.18. The zero-order chi connectivity index (χ0) is 14.1. The van der Waals surface area contributed by atoms with E-state index in [4.69, 9.17) is 0 Å². The Balaban J connectivity index is 1.60. The predicted octanol–water partition coefficient (Wildman–Crippen LogP) is 2.43. The van der Waals surface area contributed by atoms with Crippen molar-refractivity contribution >= 4 is 33.2 Å². The third-order valence-electron chi connectivity index (χ3n) is 3.45. The molecule has 1 aliphatic rings. The lowest BCUT2D eigenvalue weighted by Crippen LogP contribution is -2.30. The average Bonchev–Trinajstić information content (AvgIpc) is 3.10. The Kier molecular flexibility index (Phi) is 3.89. The van der Waals surface area contributed by atoms with Gasteiger partial charge in [0.05, 0.1) is 28.1 Å². The van der Waals surface area contributed by atoms with E-state index in [1.54, 1.807) is 23.7 Å². The minimum absolute atomic E-state index is 0.183. The van der Waals surface area contributed by atoms with Crippen LogP contribution in [0.2, 0.25) is 0 Å². The summed E-state index contributed by atoms with van der Waals surface area (Å²) in [6, 6.07) is 0.286. The molecule has 1 fully saturated rings. The highest BCUT2D eigenvalue weighted by Gasteiger charge is 2.28. The van der Waals surface area contributed by atoms with E-state index in [9.17, 15) is 4.79 Å². The largest absolute Gasteiger partial charge is 0.340 e. The molecule has 1 amide bonds. The van der Waals surface area contributed by atoms with E-state index >= 15 is 0 Å². The van der Waals surface area contributed by atoms with Crippen molar-refractivity contribution in [3.8, 4) is 0 Å². The molecular formula is C13H15BrN4OS. The van der Waals surface area contributed by atoms with Crippen LogP contribution in [0.15, 0.2) is 23.1 Å². The van der Waals surface area contributed by atoms with Crippen LogP contribution in [0.1, 0.15) is 22.3 Å². The lowest BCUT2D eigenvalue weighted by Gasteiger charge is -2.16. The maximum absolute atomic E-state index is 12.3. The zero-order valence-electron chi connectivity index (χ0n) is 11.1. The van der Waals surface area contributed by atoms with Gasteiger partial charge < -0.3 is 4.90 Å². The summed E-state index contributed by atoms with van der Waals surface area (Å²) in [5, 5.41) is 5.31. The molecule has 0 aliphatic carbocycles. The van der Waals surface area contributed by atoms with Crippen LogP contribution in [0.4, 0.5) is 0 Å². The van der Waals surface area contributed by atoms with E-state index in [1.807, 2.05) is 22.7 Å². The molecule has 7 heteroatoms. The van der Waals surface area contributed by atoms with Crippen molar-refractivity contribution in [3.05, 3.63) is 32.9 Å². The smallest absolute Gasteiger partial charge is 0.227 e. The summed E-state index contributed by atoms with van der Waals surface area (Å²) in [5.41, 5.74) is 0. The van der Waals surface area contributed by atoms with Crippen molar-refractivity contribution in [2.24, 2.45) is 0 Å². The number of thiazole rings is 1. The summed E-state index contributed by atoms with van der Waals surface area (Å²) >= 11 is 4.99. The van der Waals surface area contributed by atoms with Crippen LogP contribution in [0.25, 0.3) is 0 Å². The van der Waals surface area contributed by atoms with Gasteiger partial charge in [0.1, 0.15) is 0 Å². The number of halogens is 1. The summed E-state index contributed by atoms with van der Waals surface area (Å²) in [5.74, 6) is 0.183. The Morgan fingerprint density at radius 2 is 2.40 bits per heavy atom. The Bertz CT molecular complexity index is 623. The number of aromatic nitrogens is 3. The third kappa shape index (κ3) is 2.93. The number of hydrogen-bond donors (Lipinski definition) is 0. The topological polar surface area (TPSA) is 51.0 Å². The fraction of sp³-hybridized carbons (Fsp3) is 0.462. The van der Waals surface area contributed by atoms with Crippen LogP contribution in [-0.2, 0) is 11.2 Å². The van der Waals surface area contributed by atoms with Gasteiger partial charge in [-0.05, 0) is 29.3 Å². The van der Waals surface area contributed by atoms with Crippen LogP contribution in [0, 0.1) is 6.92 Å². The van der Waals surface area contributed by atoms with Crippen molar-refractivity contribution in [3.63, 3.8) is 0 Å². The van der Waals surface area contributed by atoms with Gasteiger partial charge in [-0.2, -0.15) is 5.10 Å². The van der Waals surface area contributed by atoms with Crippen molar-refractivity contribution in [2.75, 3.05) is 13.1 Å². The van der Waals surface area contributed by atoms with Crippen LogP contribution >= 0.6 is 27.3 Å². The van der Waals surface area contributed by atoms with Gasteiger partial charge >= 0.3 is 0 Å². The van der Waals surface area contributed by atoms with Crippen molar-refractivity contribution in [2.45, 2.75) is 25.8 Å². The molecule has 3 heterocycles. The Morgan fingerprint density at radius 3 is 3.05 bits per heavy atom. The van der Waals surface area contributed by atoms with Crippen LogP contribution in [-0.4, -0.2) is 38.7 Å². The van der Waals surface area contributed by atoms with Gasteiger partial charge in [0.15, 0.2) is 0 Å². The molecule has 1 saturated heterocycles. The predicted molar refractivity (Wildman–Crippen MR) is 80.7 cm³/mol. The highest BCUT2D eigenvalue weighted by atomic mass is 79.9. The fourth-order valence-electron chi connectivity index (χ4n) is 2.45. The number of carbonyl (C=O) groups excluding carboxylic acids is 1. The Hall–Kier alpha value is -1.21. The van der Waals surface area contributed by atoms with Crippen molar-refractivity contribution in [1.82, 2.24) is 19.7 Å². The standard InChI is InChI=1S/C13H15BrN4OS/c1-9-15-6-12(20-9)4-13(19)17-3-2-11(8-17)18-7-10(14)5-16-18/h5-7,11H,2-4,8H2,1H3. The minimum atomic E-state index is 0.183. The first kappa shape index (κ1) is 13.8. The summed E-state index contributed by atoms with van der Waals surface area (Å²) in [4.78, 5) is 19.4. The molecule has 0 N–H and O–H groups in total. The van der Waals surface area contributed by atoms with Crippen LogP contribution < -0.4 is 0 Å². The lowest BCUT2D eigenvalue weighted by molar-refractivity contribution is -0.129. The van der Waals surface area contributed by atoms with E-state index in [0.29, 0.717) is 6.42 Å². The SMILES string of the molecule is Cc1ncc(CC(=O)N2CCC(n3cc(Br)cn3)C2)s1. The van der Waals surface area contributed by atoms with E-state index in [2.05, 4.69) is 26.0 Å². The summed E-state index contributed by atoms with van der Waals surface area (Å²) in [6.45, 7) is 3.50. The van der Waals surface area contributed by atoms with E-state index in [1.165, 1.54) is 0 Å². The molecule has 0 bridgehead atoms. The quantitative estimate of drug-likeness (QED) is 0.850. The monoisotopic (exact) mass is 354 g/mol. The molecule has 1 aliphatic heterocycles. The molecule has 106 valence electrons. The van der Waals surface area contributed by atoms with E-state index in [-0.39, 0.29) is 11.9 Å². The van der Waals surface area contributed by atoms with Gasteiger partial charge in [-0.3, -0.25) is 9.48 Å². The van der Waals surface area contributed by atoms with E-state index < -0.39 is 0 Å². The highest BCUT2D eigenvalue weighted by molar-refractivity contribution is 9.10. The molecule has 5 nitrogen and oxygen atoms in total. The molecule has 0 spiro atoms. The number of carbonyl (C=O) groups is 1. The van der Waals surface area contributed by atoms with Crippen molar-refractivity contribution < 1.29 is 4.79 Å². The van der Waals surface area contributed by atoms with Gasteiger partial charge in [0.25, 0.3) is 0 Å². The second kappa shape index (κ2) is 5.65. The van der Waals surface area contributed by atoms with E-state index in [0.717, 1.165) is 33.9 Å². The molecule has 3 rings (SSSR count). The van der Waals surface area contributed by atoms with Gasteiger partial charge in [0.2, 0.25) is 5.91 Å². The van der Waals surface area contributed by atoms with Gasteiger partial charge in [0, 0.05) is 30.4 Å². The van der Waals surface area contributed by atoms with Gasteiger partial charge in [-0.15, -0.1) is 11.3 Å². The number of amides is 1. The molecule has 1 atom stereocenters. The first-order valence-electron chi connectivity index (χ1n) is 6.50. The van der Waals surface area contributed by atoms with Crippen LogP contribution in [0.5, 0.6) is 0 Å². The summed E-state index contributed by atoms with van der Waals surface area (Å²) < 4.78 is 2.91. The molecule has 0 aromatic carbocycles. The minimum Gasteiger partial charge on any atom is -0.340 e. The highest BCUT2D eigenvalue weighted by Crippen LogP contribution is 2.23. The maximum Gasteiger partial charge on any atom is 0.227 e. The molecular weight excluding hydrogens is 340 g/mol. The molecule has 2 aromatic rings. The third-order valence-corrected chi connectivity index (χ3v) is 4.78. The number of rotatable bonds is 3. The first-order chi connectivity index (χ1) is 9.61. The first-order valence-corrected chi connectivity index (χ1v) is 8.11. The number of nitrogens with zero attached hydrogens (tertiary/aromatic N) is 4. The average molecular weight is 355 g/mol. The van der Waals surface area contributed by atoms with Crippen LogP contribution in [0.3, 0.4) is 0 Å². The summed E-state index contributed by atoms with van der Waals surface area (Å²) in [6.07, 6.45) is 6.97. The molecule has 1 unspecified atom stereocenters. The lowest BCUT2D eigenvalue weighted by atomic mass is 10.3. The summed E-state index contributed by atoms with van der Waals surface area (Å²) in [7, 11) is 0. The number of aryl methyl sites for hydroxylation is 1. The molecule has 2 aromatic heterocycles. The number of hydrogen-bond acceptors (Lipinski definition) is 4. The normalized spacial score (nSPS) is 18.7. The second-order valence-electron chi connectivity index (χ2n) is 4.94. The number of likely N-dealkylation sites (tertiary alicyclic amines) is 1. The Labute approximate surface area is 129 Å². The maximum atomic E-state index is 12.3. The molecule has 20 heavy (non-hydrogen) atoms. The zero-order valence-corrected chi connectivity index (χ0v) is 13.5. The molecule has 0 saturated carbocycles. The van der Waals surface area contributed by atoms with Gasteiger partial charge in [-0.1, -0.05) is 0 Å². The van der Waals surface area contributed by atoms with Gasteiger partial charge in [-0.25, -0.2) is 4.98 Å². The Morgan fingerprint density at radius 1 is 1.55 bits per heavy atom. The van der Waals surface area contributed by atoms with Crippen molar-refractivity contribution in [1.29, 1.82) is 0 Å².